The number of nitrogens with zero attached hydrogens (tertiary/aromatic N) is 4. The van der Waals surface area contributed by atoms with E-state index in [1.807, 2.05) is 11.0 Å². The molecule has 0 radical (unpaired) electrons. The summed E-state index contributed by atoms with van der Waals surface area (Å²) in [6.45, 7) is 4.65. The highest BCUT2D eigenvalue weighted by molar-refractivity contribution is 5.98. The molecular weight excluding hydrogens is 372 g/mol. The lowest BCUT2D eigenvalue weighted by atomic mass is 10.1. The molecule has 8 nitrogen and oxygen atoms in total. The highest BCUT2D eigenvalue weighted by Gasteiger charge is 2.39. The molecule has 1 atom stereocenters. The maximum absolute atomic E-state index is 13.2. The minimum Gasteiger partial charge on any atom is -0.465 e. The van der Waals surface area contributed by atoms with Crippen molar-refractivity contribution in [3.63, 3.8) is 0 Å². The summed E-state index contributed by atoms with van der Waals surface area (Å²) in [5.41, 5.74) is 0.793. The Morgan fingerprint density at radius 2 is 1.93 bits per heavy atom. The van der Waals surface area contributed by atoms with E-state index in [1.54, 1.807) is 41.0 Å². The first-order chi connectivity index (χ1) is 14.0. The number of esters is 1. The van der Waals surface area contributed by atoms with Crippen molar-refractivity contribution in [3.05, 3.63) is 35.4 Å². The molecule has 2 aliphatic rings. The molecule has 0 aliphatic carbocycles. The lowest BCUT2D eigenvalue weighted by Gasteiger charge is -2.41. The zero-order chi connectivity index (χ0) is 20.8. The van der Waals surface area contributed by atoms with E-state index in [0.29, 0.717) is 43.9 Å². The van der Waals surface area contributed by atoms with Crippen LogP contribution in [-0.4, -0.2) is 84.4 Å². The second-order valence-corrected chi connectivity index (χ2v) is 7.28. The Hall–Kier alpha value is -2.92. The lowest BCUT2D eigenvalue weighted by molar-refractivity contribution is -0.147. The highest BCUT2D eigenvalue weighted by Crippen LogP contribution is 2.19. The number of nitriles is 1. The second-order valence-electron chi connectivity index (χ2n) is 7.28. The number of carbonyl (C=O) groups is 3. The fraction of sp³-hybridized carbons (Fsp3) is 0.524. The molecular formula is C21H26N4O4. The Bertz CT molecular complexity index is 813. The van der Waals surface area contributed by atoms with E-state index in [4.69, 9.17) is 10.00 Å². The molecule has 29 heavy (non-hydrogen) atoms. The van der Waals surface area contributed by atoms with Crippen molar-refractivity contribution < 1.29 is 19.1 Å². The predicted molar refractivity (Wildman–Crippen MR) is 105 cm³/mol. The third-order valence-electron chi connectivity index (χ3n) is 5.32. The number of hydrogen-bond donors (Lipinski definition) is 0. The number of hydrogen-bond acceptors (Lipinski definition) is 6. The van der Waals surface area contributed by atoms with Crippen LogP contribution in [0.1, 0.15) is 35.7 Å². The van der Waals surface area contributed by atoms with Crippen molar-refractivity contribution in [2.45, 2.75) is 25.8 Å². The molecule has 2 saturated heterocycles. The Labute approximate surface area is 170 Å². The molecule has 0 N–H and O–H groups in total. The third kappa shape index (κ3) is 4.93. The van der Waals surface area contributed by atoms with Gasteiger partial charge in [0.2, 0.25) is 5.91 Å². The first-order valence-corrected chi connectivity index (χ1v) is 10.0. The third-order valence-corrected chi connectivity index (χ3v) is 5.32. The molecule has 154 valence electrons. The zero-order valence-electron chi connectivity index (χ0n) is 16.7. The van der Waals surface area contributed by atoms with Crippen LogP contribution in [0, 0.1) is 11.3 Å². The van der Waals surface area contributed by atoms with Gasteiger partial charge in [0.05, 0.1) is 24.8 Å². The van der Waals surface area contributed by atoms with E-state index in [0.717, 1.165) is 12.8 Å². The number of likely N-dealkylation sites (tertiary alicyclic amines) is 1. The molecule has 2 heterocycles. The average molecular weight is 398 g/mol. The van der Waals surface area contributed by atoms with Crippen molar-refractivity contribution in [1.29, 1.82) is 5.26 Å². The van der Waals surface area contributed by atoms with E-state index < -0.39 is 6.04 Å². The Kier molecular flexibility index (Phi) is 6.83. The van der Waals surface area contributed by atoms with Gasteiger partial charge in [-0.2, -0.15) is 5.26 Å². The summed E-state index contributed by atoms with van der Waals surface area (Å²) in [7, 11) is 0. The number of piperazine rings is 1. The summed E-state index contributed by atoms with van der Waals surface area (Å²) in [6, 6.07) is 7.89. The first-order valence-electron chi connectivity index (χ1n) is 10.0. The number of carbonyl (C=O) groups excluding carboxylic acids is 3. The van der Waals surface area contributed by atoms with Crippen molar-refractivity contribution in [2.75, 3.05) is 45.9 Å². The molecule has 0 bridgehead atoms. The van der Waals surface area contributed by atoms with Crippen LogP contribution in [0.2, 0.25) is 0 Å². The smallest absolute Gasteiger partial charge is 0.320 e. The molecule has 2 amide bonds. The maximum Gasteiger partial charge on any atom is 0.320 e. The maximum atomic E-state index is 13.2. The van der Waals surface area contributed by atoms with Crippen LogP contribution in [0.5, 0.6) is 0 Å². The molecule has 0 aromatic heterocycles. The van der Waals surface area contributed by atoms with Gasteiger partial charge in [0.1, 0.15) is 6.04 Å². The zero-order valence-corrected chi connectivity index (χ0v) is 16.7. The highest BCUT2D eigenvalue weighted by atomic mass is 16.5. The van der Waals surface area contributed by atoms with Gasteiger partial charge < -0.3 is 14.5 Å². The Morgan fingerprint density at radius 1 is 1.17 bits per heavy atom. The van der Waals surface area contributed by atoms with Gasteiger partial charge in [-0.3, -0.25) is 19.3 Å². The number of rotatable bonds is 5. The van der Waals surface area contributed by atoms with E-state index >= 15 is 0 Å². The van der Waals surface area contributed by atoms with Crippen LogP contribution in [0.3, 0.4) is 0 Å². The predicted octanol–water partition coefficient (Wildman–Crippen LogP) is 0.870. The van der Waals surface area contributed by atoms with Gasteiger partial charge in [-0.05, 0) is 38.0 Å². The minimum absolute atomic E-state index is 0.0825. The molecule has 1 aromatic rings. The minimum atomic E-state index is -0.658. The van der Waals surface area contributed by atoms with E-state index in [2.05, 4.69) is 0 Å². The van der Waals surface area contributed by atoms with Crippen molar-refractivity contribution in [2.24, 2.45) is 0 Å². The Morgan fingerprint density at radius 3 is 2.62 bits per heavy atom. The summed E-state index contributed by atoms with van der Waals surface area (Å²) < 4.78 is 5.02. The topological polar surface area (TPSA) is 94.0 Å². The summed E-state index contributed by atoms with van der Waals surface area (Å²) >= 11 is 0. The fourth-order valence-electron chi connectivity index (χ4n) is 3.86. The normalized spacial score (nSPS) is 19.7. The van der Waals surface area contributed by atoms with Crippen LogP contribution in [0.15, 0.2) is 24.3 Å². The molecule has 0 spiro atoms. The van der Waals surface area contributed by atoms with Crippen molar-refractivity contribution in [3.8, 4) is 6.07 Å². The summed E-state index contributed by atoms with van der Waals surface area (Å²) in [4.78, 5) is 43.5. The molecule has 1 aromatic carbocycles. The molecule has 3 rings (SSSR count). The van der Waals surface area contributed by atoms with E-state index in [1.165, 1.54) is 0 Å². The van der Waals surface area contributed by atoms with Crippen molar-refractivity contribution in [1.82, 2.24) is 14.7 Å². The van der Waals surface area contributed by atoms with Crippen LogP contribution < -0.4 is 0 Å². The standard InChI is InChI=1S/C21H26N4O4/c1-2-29-19(26)15-23-10-11-25(18(14-23)21(28)24-8-3-4-9-24)20(27)17-7-5-6-16(12-17)13-22/h5-7,12,18H,2-4,8-11,14-15H2,1H3. The number of ether oxygens (including phenoxy) is 1. The summed E-state index contributed by atoms with van der Waals surface area (Å²) in [6.07, 6.45) is 1.92. The number of benzene rings is 1. The van der Waals surface area contributed by atoms with E-state index in [-0.39, 0.29) is 30.9 Å². The van der Waals surface area contributed by atoms with Crippen LogP contribution in [0.4, 0.5) is 0 Å². The molecule has 2 aliphatic heterocycles. The van der Waals surface area contributed by atoms with Crippen LogP contribution in [-0.2, 0) is 14.3 Å². The van der Waals surface area contributed by atoms with Gasteiger partial charge in [0.25, 0.3) is 5.91 Å². The summed E-state index contributed by atoms with van der Waals surface area (Å²) in [5.74, 6) is -0.683. The van der Waals surface area contributed by atoms with Crippen molar-refractivity contribution >= 4 is 17.8 Å². The van der Waals surface area contributed by atoms with Gasteiger partial charge in [-0.1, -0.05) is 6.07 Å². The lowest BCUT2D eigenvalue weighted by Crippen LogP contribution is -2.61. The quantitative estimate of drug-likeness (QED) is 0.683. The SMILES string of the molecule is CCOC(=O)CN1CCN(C(=O)c2cccc(C#N)c2)C(C(=O)N2CCCC2)C1. The largest absolute Gasteiger partial charge is 0.465 e. The van der Waals surface area contributed by atoms with Gasteiger partial charge in [-0.25, -0.2) is 0 Å². The van der Waals surface area contributed by atoms with Gasteiger partial charge in [-0.15, -0.1) is 0 Å². The second kappa shape index (κ2) is 9.52. The molecule has 0 saturated carbocycles. The average Bonchev–Trinajstić information content (AvgIpc) is 3.28. The van der Waals surface area contributed by atoms with Crippen LogP contribution >= 0.6 is 0 Å². The van der Waals surface area contributed by atoms with Gasteiger partial charge >= 0.3 is 5.97 Å². The van der Waals surface area contributed by atoms with Gasteiger partial charge in [0, 0.05) is 38.3 Å². The monoisotopic (exact) mass is 398 g/mol. The number of amides is 2. The van der Waals surface area contributed by atoms with Gasteiger partial charge in [0.15, 0.2) is 0 Å². The molecule has 1 unspecified atom stereocenters. The first kappa shape index (κ1) is 20.8. The van der Waals surface area contributed by atoms with Crippen LogP contribution in [0.25, 0.3) is 0 Å². The summed E-state index contributed by atoms with van der Waals surface area (Å²) in [5, 5.41) is 9.11. The Balaban J connectivity index is 1.80. The van der Waals surface area contributed by atoms with E-state index in [9.17, 15) is 14.4 Å². The molecule has 8 heteroatoms. The molecule has 2 fully saturated rings. The fourth-order valence-corrected chi connectivity index (χ4v) is 3.86.